The summed E-state index contributed by atoms with van der Waals surface area (Å²) in [6.45, 7) is 5.80. The van der Waals surface area contributed by atoms with Gasteiger partial charge in [0.2, 0.25) is 0 Å². The van der Waals surface area contributed by atoms with Gasteiger partial charge in [-0.25, -0.2) is 0 Å². The van der Waals surface area contributed by atoms with E-state index >= 15 is 0 Å². The van der Waals surface area contributed by atoms with E-state index < -0.39 is 25.2 Å². The van der Waals surface area contributed by atoms with Crippen molar-refractivity contribution in [1.29, 1.82) is 0 Å². The molecule has 1 amide bonds. The van der Waals surface area contributed by atoms with Gasteiger partial charge in [0.25, 0.3) is 5.91 Å². The lowest BCUT2D eigenvalue weighted by Gasteiger charge is -2.35. The largest absolute Gasteiger partial charge is 0.496 e. The maximum absolute atomic E-state index is 13.7. The minimum atomic E-state index is -3.05. The number of hydrogen-bond donors (Lipinski definition) is 0. The van der Waals surface area contributed by atoms with E-state index in [1.165, 1.54) is 0 Å². The molecule has 2 aliphatic heterocycles. The molecule has 0 aromatic heterocycles. The first-order valence-corrected chi connectivity index (χ1v) is 12.2. The SMILES string of the molecule is COc1ccccc1CN1CCO[C@@H](C(=O)N(Cc2ccc3c(c2)OCC(F)(F)CO3)CC(C)C)C1. The number of alkyl halides is 2. The molecule has 9 heteroatoms. The lowest BCUT2D eigenvalue weighted by molar-refractivity contribution is -0.151. The summed E-state index contributed by atoms with van der Waals surface area (Å²) >= 11 is 0. The van der Waals surface area contributed by atoms with Crippen molar-refractivity contribution in [2.24, 2.45) is 5.92 Å². The van der Waals surface area contributed by atoms with Gasteiger partial charge in [-0.3, -0.25) is 9.69 Å². The Bertz CT molecular complexity index is 1050. The van der Waals surface area contributed by atoms with Crippen molar-refractivity contribution in [2.45, 2.75) is 39.0 Å². The molecule has 36 heavy (non-hydrogen) atoms. The number of para-hydroxylation sites is 1. The highest BCUT2D eigenvalue weighted by molar-refractivity contribution is 5.81. The fourth-order valence-corrected chi connectivity index (χ4v) is 4.46. The third-order valence-electron chi connectivity index (χ3n) is 6.17. The smallest absolute Gasteiger partial charge is 0.314 e. The number of ether oxygens (including phenoxy) is 4. The van der Waals surface area contributed by atoms with Gasteiger partial charge in [-0.15, -0.1) is 0 Å². The van der Waals surface area contributed by atoms with Crippen LogP contribution in [0.2, 0.25) is 0 Å². The third kappa shape index (κ3) is 6.64. The molecule has 7 nitrogen and oxygen atoms in total. The summed E-state index contributed by atoms with van der Waals surface area (Å²) in [5.41, 5.74) is 1.84. The summed E-state index contributed by atoms with van der Waals surface area (Å²) in [5.74, 6) is -1.54. The molecule has 0 spiro atoms. The average molecular weight is 505 g/mol. The van der Waals surface area contributed by atoms with Crippen molar-refractivity contribution in [3.05, 3.63) is 53.6 Å². The third-order valence-corrected chi connectivity index (χ3v) is 6.17. The van der Waals surface area contributed by atoms with E-state index in [0.29, 0.717) is 32.8 Å². The summed E-state index contributed by atoms with van der Waals surface area (Å²) in [6, 6.07) is 12.9. The molecule has 0 radical (unpaired) electrons. The van der Waals surface area contributed by atoms with Crippen molar-refractivity contribution in [2.75, 3.05) is 46.6 Å². The Morgan fingerprint density at radius 1 is 1.17 bits per heavy atom. The molecule has 0 N–H and O–H groups in total. The van der Waals surface area contributed by atoms with Gasteiger partial charge in [0.15, 0.2) is 24.7 Å². The molecule has 2 aromatic rings. The lowest BCUT2D eigenvalue weighted by atomic mass is 10.1. The summed E-state index contributed by atoms with van der Waals surface area (Å²) in [7, 11) is 1.65. The molecule has 0 unspecified atom stereocenters. The topological polar surface area (TPSA) is 60.5 Å². The van der Waals surface area contributed by atoms with Crippen LogP contribution in [0.25, 0.3) is 0 Å². The van der Waals surface area contributed by atoms with Crippen LogP contribution in [-0.2, 0) is 22.6 Å². The highest BCUT2D eigenvalue weighted by atomic mass is 19.3. The first-order chi connectivity index (χ1) is 17.2. The zero-order valence-corrected chi connectivity index (χ0v) is 21.0. The van der Waals surface area contributed by atoms with Gasteiger partial charge in [0, 0.05) is 38.3 Å². The highest BCUT2D eigenvalue weighted by Crippen LogP contribution is 2.34. The molecule has 0 aliphatic carbocycles. The Morgan fingerprint density at radius 3 is 2.67 bits per heavy atom. The van der Waals surface area contributed by atoms with Crippen molar-refractivity contribution in [3.8, 4) is 17.2 Å². The highest BCUT2D eigenvalue weighted by Gasteiger charge is 2.35. The number of rotatable bonds is 8. The van der Waals surface area contributed by atoms with E-state index in [1.54, 1.807) is 30.2 Å². The molecular formula is C27H34F2N2O5. The van der Waals surface area contributed by atoms with Crippen LogP contribution < -0.4 is 14.2 Å². The van der Waals surface area contributed by atoms with Crippen molar-refractivity contribution >= 4 is 5.91 Å². The first-order valence-electron chi connectivity index (χ1n) is 12.2. The lowest BCUT2D eigenvalue weighted by Crippen LogP contribution is -2.51. The van der Waals surface area contributed by atoms with E-state index in [-0.39, 0.29) is 23.3 Å². The van der Waals surface area contributed by atoms with Crippen LogP contribution in [-0.4, -0.2) is 74.3 Å². The van der Waals surface area contributed by atoms with Gasteiger partial charge >= 0.3 is 5.92 Å². The van der Waals surface area contributed by atoms with E-state index in [2.05, 4.69) is 4.90 Å². The summed E-state index contributed by atoms with van der Waals surface area (Å²) < 4.78 is 49.3. The summed E-state index contributed by atoms with van der Waals surface area (Å²) in [4.78, 5) is 17.6. The fraction of sp³-hybridized carbons (Fsp3) is 0.519. The molecule has 1 fully saturated rings. The Hall–Kier alpha value is -2.91. The minimum absolute atomic E-state index is 0.0907. The Labute approximate surface area is 210 Å². The monoisotopic (exact) mass is 504 g/mol. The number of fused-ring (bicyclic) bond motifs is 1. The van der Waals surface area contributed by atoms with Crippen LogP contribution >= 0.6 is 0 Å². The number of methoxy groups -OCH3 is 1. The minimum Gasteiger partial charge on any atom is -0.496 e. The van der Waals surface area contributed by atoms with Gasteiger partial charge < -0.3 is 23.8 Å². The van der Waals surface area contributed by atoms with E-state index in [9.17, 15) is 13.6 Å². The number of benzene rings is 2. The number of carbonyl (C=O) groups excluding carboxylic acids is 1. The normalized spacial score (nSPS) is 19.6. The Morgan fingerprint density at radius 2 is 1.92 bits per heavy atom. The molecule has 0 saturated carbocycles. The predicted molar refractivity (Wildman–Crippen MR) is 131 cm³/mol. The standard InChI is InChI=1S/C27H34F2N2O5/c1-19(2)13-31(14-20-8-9-23-24(12-20)36-18-27(28,29)17-35-23)26(32)25-16-30(10-11-34-25)15-21-6-4-5-7-22(21)33-3/h4-9,12,19,25H,10-11,13-18H2,1-3H3/t25-/m1/s1. The fourth-order valence-electron chi connectivity index (χ4n) is 4.46. The molecular weight excluding hydrogens is 470 g/mol. The zero-order valence-electron chi connectivity index (χ0n) is 21.0. The van der Waals surface area contributed by atoms with Crippen LogP contribution in [0, 0.1) is 5.92 Å². The summed E-state index contributed by atoms with van der Waals surface area (Å²) in [5, 5.41) is 0. The summed E-state index contributed by atoms with van der Waals surface area (Å²) in [6.07, 6.45) is -0.591. The molecule has 2 aliphatic rings. The first kappa shape index (κ1) is 26.2. The van der Waals surface area contributed by atoms with Crippen LogP contribution in [0.1, 0.15) is 25.0 Å². The van der Waals surface area contributed by atoms with E-state index in [1.807, 2.05) is 38.1 Å². The number of hydrogen-bond acceptors (Lipinski definition) is 6. The van der Waals surface area contributed by atoms with Gasteiger partial charge in [-0.05, 0) is 29.7 Å². The second-order valence-electron chi connectivity index (χ2n) is 9.73. The van der Waals surface area contributed by atoms with Crippen LogP contribution in [0.4, 0.5) is 8.78 Å². The van der Waals surface area contributed by atoms with Crippen LogP contribution in [0.3, 0.4) is 0 Å². The quantitative estimate of drug-likeness (QED) is 0.542. The molecule has 196 valence electrons. The Balaban J connectivity index is 1.45. The van der Waals surface area contributed by atoms with Gasteiger partial charge in [-0.1, -0.05) is 38.1 Å². The maximum Gasteiger partial charge on any atom is 0.314 e. The molecule has 1 atom stereocenters. The second kappa shape index (κ2) is 11.4. The van der Waals surface area contributed by atoms with Crippen molar-refractivity contribution in [1.82, 2.24) is 9.80 Å². The number of carbonyl (C=O) groups is 1. The van der Waals surface area contributed by atoms with Crippen LogP contribution in [0.15, 0.2) is 42.5 Å². The van der Waals surface area contributed by atoms with E-state index in [4.69, 9.17) is 18.9 Å². The molecule has 2 heterocycles. The van der Waals surface area contributed by atoms with E-state index in [0.717, 1.165) is 23.4 Å². The second-order valence-corrected chi connectivity index (χ2v) is 9.73. The van der Waals surface area contributed by atoms with Crippen LogP contribution in [0.5, 0.6) is 17.2 Å². The molecule has 4 rings (SSSR count). The number of morpholine rings is 1. The van der Waals surface area contributed by atoms with Gasteiger partial charge in [0.05, 0.1) is 13.7 Å². The maximum atomic E-state index is 13.7. The van der Waals surface area contributed by atoms with Crippen molar-refractivity contribution in [3.63, 3.8) is 0 Å². The van der Waals surface area contributed by atoms with Gasteiger partial charge in [0.1, 0.15) is 11.9 Å². The predicted octanol–water partition coefficient (Wildman–Crippen LogP) is 3.99. The molecule has 0 bridgehead atoms. The Kier molecular flexibility index (Phi) is 8.31. The molecule has 2 aromatic carbocycles. The zero-order chi connectivity index (χ0) is 25.7. The van der Waals surface area contributed by atoms with Gasteiger partial charge in [-0.2, -0.15) is 8.78 Å². The average Bonchev–Trinajstić information content (AvgIpc) is 3.01. The molecule has 1 saturated heterocycles. The van der Waals surface area contributed by atoms with Crippen molar-refractivity contribution < 1.29 is 32.5 Å². The number of halogens is 2. The number of amides is 1. The number of nitrogens with zero attached hydrogens (tertiary/aromatic N) is 2.